The van der Waals surface area contributed by atoms with E-state index in [9.17, 15) is 14.4 Å². The quantitative estimate of drug-likeness (QED) is 0.555. The zero-order valence-electron chi connectivity index (χ0n) is 9.92. The fraction of sp³-hybridized carbons (Fsp3) is 0.400. The fourth-order valence-electron chi connectivity index (χ4n) is 1.71. The summed E-state index contributed by atoms with van der Waals surface area (Å²) in [5.41, 5.74) is 0.385. The minimum atomic E-state index is -1.02. The molecule has 1 unspecified atom stereocenters. The van der Waals surface area contributed by atoms with E-state index in [1.165, 1.54) is 17.1 Å². The van der Waals surface area contributed by atoms with Gasteiger partial charge in [0.25, 0.3) is 0 Å². The minimum absolute atomic E-state index is 0.0976. The molecule has 1 aromatic heterocycles. The van der Waals surface area contributed by atoms with E-state index in [4.69, 9.17) is 5.11 Å². The Morgan fingerprint density at radius 2 is 2.37 bits per heavy atom. The largest absolute Gasteiger partial charge is 0.480 e. The van der Waals surface area contributed by atoms with Crippen LogP contribution in [-0.2, 0) is 16.1 Å². The molecule has 3 amide bonds. The number of hydrogen-bond acceptors (Lipinski definition) is 4. The second-order valence-corrected chi connectivity index (χ2v) is 4.12. The summed E-state index contributed by atoms with van der Waals surface area (Å²) in [5.74, 6) is -1.12. The van der Waals surface area contributed by atoms with Gasteiger partial charge in [0.05, 0.1) is 17.9 Å². The number of urea groups is 1. The number of nitrogens with zero attached hydrogens (tertiary/aromatic N) is 2. The highest BCUT2D eigenvalue weighted by Gasteiger charge is 2.22. The summed E-state index contributed by atoms with van der Waals surface area (Å²) >= 11 is 0. The zero-order chi connectivity index (χ0) is 13.8. The van der Waals surface area contributed by atoms with Crippen LogP contribution in [0.15, 0.2) is 12.4 Å². The van der Waals surface area contributed by atoms with E-state index in [0.717, 1.165) is 0 Å². The van der Waals surface area contributed by atoms with Gasteiger partial charge in [0, 0.05) is 19.2 Å². The van der Waals surface area contributed by atoms with Crippen LogP contribution < -0.4 is 16.0 Å². The van der Waals surface area contributed by atoms with Gasteiger partial charge in [-0.05, 0) is 0 Å². The molecule has 0 radical (unpaired) electrons. The van der Waals surface area contributed by atoms with E-state index in [0.29, 0.717) is 12.2 Å². The van der Waals surface area contributed by atoms with Crippen molar-refractivity contribution >= 4 is 23.6 Å². The standard InChI is InChI=1S/C10H13N5O4/c16-8-1-6(2-11-8)13-10(19)14-7-3-12-15(4-7)5-9(17)18/h3-4,6H,1-2,5H2,(H,11,16)(H,17,18)(H2,13,14,19). The van der Waals surface area contributed by atoms with Crippen molar-refractivity contribution in [1.82, 2.24) is 20.4 Å². The van der Waals surface area contributed by atoms with Crippen molar-refractivity contribution in [2.45, 2.75) is 19.0 Å². The third-order valence-corrected chi connectivity index (χ3v) is 2.50. The molecule has 9 nitrogen and oxygen atoms in total. The molecule has 1 atom stereocenters. The lowest BCUT2D eigenvalue weighted by molar-refractivity contribution is -0.137. The maximum atomic E-state index is 11.6. The third kappa shape index (κ3) is 3.69. The molecular weight excluding hydrogens is 254 g/mol. The van der Waals surface area contributed by atoms with Crippen molar-refractivity contribution in [2.75, 3.05) is 11.9 Å². The van der Waals surface area contributed by atoms with Crippen molar-refractivity contribution in [3.63, 3.8) is 0 Å². The van der Waals surface area contributed by atoms with E-state index in [1.807, 2.05) is 0 Å². The summed E-state index contributed by atoms with van der Waals surface area (Å²) in [6.45, 7) is 0.134. The van der Waals surface area contributed by atoms with Crippen molar-refractivity contribution in [1.29, 1.82) is 0 Å². The Hall–Kier alpha value is -2.58. The van der Waals surface area contributed by atoms with Crippen LogP contribution in [0.3, 0.4) is 0 Å². The highest BCUT2D eigenvalue weighted by atomic mass is 16.4. The number of amides is 3. The first-order valence-corrected chi connectivity index (χ1v) is 5.61. The van der Waals surface area contributed by atoms with Crippen LogP contribution in [0.4, 0.5) is 10.5 Å². The van der Waals surface area contributed by atoms with Gasteiger partial charge in [-0.25, -0.2) is 4.79 Å². The topological polar surface area (TPSA) is 125 Å². The molecule has 0 aromatic carbocycles. The predicted molar refractivity (Wildman–Crippen MR) is 63.4 cm³/mol. The summed E-state index contributed by atoms with van der Waals surface area (Å²) < 4.78 is 1.19. The Kier molecular flexibility index (Phi) is 3.64. The predicted octanol–water partition coefficient (Wildman–Crippen LogP) is -1.02. The number of rotatable bonds is 4. The van der Waals surface area contributed by atoms with Crippen LogP contribution >= 0.6 is 0 Å². The van der Waals surface area contributed by atoms with Gasteiger partial charge in [-0.2, -0.15) is 5.10 Å². The van der Waals surface area contributed by atoms with E-state index >= 15 is 0 Å². The summed E-state index contributed by atoms with van der Waals surface area (Å²) in [4.78, 5) is 33.0. The van der Waals surface area contributed by atoms with E-state index < -0.39 is 12.0 Å². The number of carbonyl (C=O) groups excluding carboxylic acids is 2. The fourth-order valence-corrected chi connectivity index (χ4v) is 1.71. The second-order valence-electron chi connectivity index (χ2n) is 4.12. The molecule has 1 aromatic rings. The van der Waals surface area contributed by atoms with Crippen molar-refractivity contribution < 1.29 is 19.5 Å². The molecule has 102 valence electrons. The Bertz CT molecular complexity index is 512. The lowest BCUT2D eigenvalue weighted by atomic mass is 10.3. The normalized spacial score (nSPS) is 17.9. The van der Waals surface area contributed by atoms with Gasteiger partial charge in [-0.3, -0.25) is 14.3 Å². The van der Waals surface area contributed by atoms with Crippen molar-refractivity contribution in [3.05, 3.63) is 12.4 Å². The monoisotopic (exact) mass is 267 g/mol. The molecule has 9 heteroatoms. The first kappa shape index (κ1) is 12.9. The Morgan fingerprint density at radius 1 is 1.58 bits per heavy atom. The van der Waals surface area contributed by atoms with Crippen LogP contribution in [0.5, 0.6) is 0 Å². The third-order valence-electron chi connectivity index (χ3n) is 2.50. The van der Waals surface area contributed by atoms with Gasteiger partial charge < -0.3 is 21.1 Å². The molecule has 2 rings (SSSR count). The van der Waals surface area contributed by atoms with Crippen LogP contribution in [0.1, 0.15) is 6.42 Å². The van der Waals surface area contributed by atoms with Crippen molar-refractivity contribution in [3.8, 4) is 0 Å². The van der Waals surface area contributed by atoms with Crippen LogP contribution in [-0.4, -0.2) is 45.4 Å². The maximum Gasteiger partial charge on any atom is 0.325 e. The average molecular weight is 267 g/mol. The molecule has 0 spiro atoms. The Balaban J connectivity index is 1.83. The number of carbonyl (C=O) groups is 3. The van der Waals surface area contributed by atoms with Gasteiger partial charge in [0.2, 0.25) is 5.91 Å². The second kappa shape index (κ2) is 5.38. The number of nitrogens with one attached hydrogen (secondary N) is 3. The molecule has 0 bridgehead atoms. The number of carboxylic acids is 1. The van der Waals surface area contributed by atoms with Gasteiger partial charge in [-0.15, -0.1) is 0 Å². The van der Waals surface area contributed by atoms with Crippen LogP contribution in [0.2, 0.25) is 0 Å². The molecule has 0 aliphatic carbocycles. The molecule has 1 aliphatic heterocycles. The number of anilines is 1. The molecule has 2 heterocycles. The highest BCUT2D eigenvalue weighted by Crippen LogP contribution is 2.05. The van der Waals surface area contributed by atoms with Gasteiger partial charge in [-0.1, -0.05) is 0 Å². The van der Waals surface area contributed by atoms with Gasteiger partial charge >= 0.3 is 12.0 Å². The van der Waals surface area contributed by atoms with E-state index in [2.05, 4.69) is 21.0 Å². The molecule has 0 saturated carbocycles. The maximum absolute atomic E-state index is 11.6. The first-order valence-electron chi connectivity index (χ1n) is 5.61. The van der Waals surface area contributed by atoms with E-state index in [1.54, 1.807) is 0 Å². The SMILES string of the molecule is O=C(O)Cn1cc(NC(=O)NC2CNC(=O)C2)cn1. The van der Waals surface area contributed by atoms with Gasteiger partial charge in [0.15, 0.2) is 0 Å². The smallest absolute Gasteiger partial charge is 0.325 e. The molecule has 4 N–H and O–H groups in total. The molecule has 1 fully saturated rings. The zero-order valence-corrected chi connectivity index (χ0v) is 9.92. The number of aromatic nitrogens is 2. The lowest BCUT2D eigenvalue weighted by Crippen LogP contribution is -2.39. The summed E-state index contributed by atoms with van der Waals surface area (Å²) in [7, 11) is 0. The van der Waals surface area contributed by atoms with Gasteiger partial charge in [0.1, 0.15) is 6.54 Å². The molecular formula is C10H13N5O4. The van der Waals surface area contributed by atoms with Crippen molar-refractivity contribution in [2.24, 2.45) is 0 Å². The molecule has 1 saturated heterocycles. The highest BCUT2D eigenvalue weighted by molar-refractivity contribution is 5.90. The number of aliphatic carboxylic acids is 1. The Morgan fingerprint density at radius 3 is 3.00 bits per heavy atom. The first-order chi connectivity index (χ1) is 9.02. The summed E-state index contributed by atoms with van der Waals surface area (Å²) in [5, 5.41) is 20.1. The van der Waals surface area contributed by atoms with E-state index in [-0.39, 0.29) is 24.9 Å². The lowest BCUT2D eigenvalue weighted by Gasteiger charge is -2.10. The van der Waals surface area contributed by atoms with Crippen LogP contribution in [0, 0.1) is 0 Å². The molecule has 1 aliphatic rings. The number of hydrogen-bond donors (Lipinski definition) is 4. The van der Waals surface area contributed by atoms with Crippen LogP contribution in [0.25, 0.3) is 0 Å². The summed E-state index contributed by atoms with van der Waals surface area (Å²) in [6.07, 6.45) is 3.01. The Labute approximate surface area is 108 Å². The summed E-state index contributed by atoms with van der Waals surface area (Å²) in [6, 6.07) is -0.696. The average Bonchev–Trinajstić information content (AvgIpc) is 2.88. The molecule has 19 heavy (non-hydrogen) atoms. The number of carboxylic acid groups (broad SMARTS) is 1. The minimum Gasteiger partial charge on any atom is -0.480 e.